The van der Waals surface area contributed by atoms with Gasteiger partial charge >= 0.3 is 0 Å². The largest absolute Gasteiger partial charge is 0.353 e. The Morgan fingerprint density at radius 1 is 0.905 bits per heavy atom. The van der Waals surface area contributed by atoms with E-state index in [-0.39, 0.29) is 5.92 Å². The number of rotatable bonds is 3. The molecule has 3 aliphatic carbocycles. The molecular weight excluding hydrogens is 282 g/mol. The summed E-state index contributed by atoms with van der Waals surface area (Å²) in [7, 11) is 0. The molecule has 0 radical (unpaired) electrons. The minimum Gasteiger partial charge on any atom is -0.353 e. The van der Waals surface area contributed by atoms with E-state index in [1.807, 2.05) is 0 Å². The maximum atomic E-state index is 12.6. The number of carbonyl (C=O) groups excluding carboxylic acids is 1. The van der Waals surface area contributed by atoms with Crippen LogP contribution in [0.1, 0.15) is 70.6 Å². The minimum atomic E-state index is 0.280. The van der Waals surface area contributed by atoms with Crippen LogP contribution in [0, 0.1) is 23.7 Å². The van der Waals surface area contributed by atoms with Crippen LogP contribution >= 0.6 is 11.6 Å². The first-order valence-corrected chi connectivity index (χ1v) is 9.67. The molecule has 0 aromatic carbocycles. The van der Waals surface area contributed by atoms with Crippen LogP contribution in [0.25, 0.3) is 0 Å². The van der Waals surface area contributed by atoms with Crippen LogP contribution in [0.15, 0.2) is 0 Å². The first-order chi connectivity index (χ1) is 10.3. The SMILES string of the molecule is O=C(NC1CCCCC1CCl)C1CCC2CCCCC2C1. The molecule has 1 amide bonds. The van der Waals surface area contributed by atoms with Crippen LogP contribution in [-0.2, 0) is 4.79 Å². The number of alkyl halides is 1. The van der Waals surface area contributed by atoms with Crippen molar-refractivity contribution >= 4 is 17.5 Å². The molecule has 5 atom stereocenters. The van der Waals surface area contributed by atoms with E-state index in [1.54, 1.807) is 0 Å². The summed E-state index contributed by atoms with van der Waals surface area (Å²) in [5.41, 5.74) is 0. The fraction of sp³-hybridized carbons (Fsp3) is 0.944. The van der Waals surface area contributed by atoms with Crippen molar-refractivity contribution in [3.63, 3.8) is 0 Å². The molecular formula is C18H30ClNO. The van der Waals surface area contributed by atoms with Crippen molar-refractivity contribution in [2.75, 3.05) is 5.88 Å². The summed E-state index contributed by atoms with van der Waals surface area (Å²) in [5.74, 6) is 3.56. The summed E-state index contributed by atoms with van der Waals surface area (Å²) < 4.78 is 0. The van der Waals surface area contributed by atoms with Crippen molar-refractivity contribution in [3.05, 3.63) is 0 Å². The van der Waals surface area contributed by atoms with E-state index in [2.05, 4.69) is 5.32 Å². The number of fused-ring (bicyclic) bond motifs is 1. The third-order valence-corrected chi connectivity index (χ3v) is 6.74. The van der Waals surface area contributed by atoms with Crippen LogP contribution in [0.2, 0.25) is 0 Å². The molecule has 0 aliphatic heterocycles. The van der Waals surface area contributed by atoms with Crippen LogP contribution < -0.4 is 5.32 Å². The second-order valence-electron chi connectivity index (χ2n) is 7.63. The molecule has 120 valence electrons. The number of amides is 1. The highest BCUT2D eigenvalue weighted by atomic mass is 35.5. The van der Waals surface area contributed by atoms with Gasteiger partial charge in [-0.25, -0.2) is 0 Å². The van der Waals surface area contributed by atoms with Gasteiger partial charge in [0, 0.05) is 17.8 Å². The van der Waals surface area contributed by atoms with Crippen molar-refractivity contribution < 1.29 is 4.79 Å². The number of halogens is 1. The quantitative estimate of drug-likeness (QED) is 0.764. The van der Waals surface area contributed by atoms with Gasteiger partial charge in [-0.1, -0.05) is 38.5 Å². The molecule has 0 bridgehead atoms. The zero-order valence-corrected chi connectivity index (χ0v) is 13.9. The maximum Gasteiger partial charge on any atom is 0.223 e. The first kappa shape index (κ1) is 15.6. The van der Waals surface area contributed by atoms with E-state index in [4.69, 9.17) is 11.6 Å². The van der Waals surface area contributed by atoms with Crippen LogP contribution in [0.4, 0.5) is 0 Å². The van der Waals surface area contributed by atoms with Gasteiger partial charge in [0.05, 0.1) is 0 Å². The van der Waals surface area contributed by atoms with Crippen molar-refractivity contribution in [2.24, 2.45) is 23.7 Å². The maximum absolute atomic E-state index is 12.6. The topological polar surface area (TPSA) is 29.1 Å². The van der Waals surface area contributed by atoms with Crippen molar-refractivity contribution in [3.8, 4) is 0 Å². The number of hydrogen-bond donors (Lipinski definition) is 1. The monoisotopic (exact) mass is 311 g/mol. The van der Waals surface area contributed by atoms with Crippen molar-refractivity contribution in [1.29, 1.82) is 0 Å². The second-order valence-corrected chi connectivity index (χ2v) is 7.94. The lowest BCUT2D eigenvalue weighted by Gasteiger charge is -2.39. The molecule has 21 heavy (non-hydrogen) atoms. The normalized spacial score (nSPS) is 40.3. The number of nitrogens with one attached hydrogen (secondary N) is 1. The molecule has 0 heterocycles. The zero-order chi connectivity index (χ0) is 14.7. The van der Waals surface area contributed by atoms with Crippen LogP contribution in [-0.4, -0.2) is 17.8 Å². The Labute approximate surface area is 134 Å². The molecule has 5 unspecified atom stereocenters. The fourth-order valence-electron chi connectivity index (χ4n) is 4.99. The van der Waals surface area contributed by atoms with Gasteiger partial charge in [0.2, 0.25) is 5.91 Å². The highest BCUT2D eigenvalue weighted by Crippen LogP contribution is 2.42. The minimum absolute atomic E-state index is 0.280. The van der Waals surface area contributed by atoms with E-state index in [1.165, 1.54) is 51.4 Å². The predicted molar refractivity (Wildman–Crippen MR) is 87.4 cm³/mol. The summed E-state index contributed by atoms with van der Waals surface area (Å²) >= 11 is 6.08. The molecule has 1 N–H and O–H groups in total. The van der Waals surface area contributed by atoms with E-state index >= 15 is 0 Å². The van der Waals surface area contributed by atoms with Gasteiger partial charge in [-0.2, -0.15) is 0 Å². The van der Waals surface area contributed by atoms with Gasteiger partial charge < -0.3 is 5.32 Å². The Bertz CT molecular complexity index is 359. The van der Waals surface area contributed by atoms with E-state index in [0.29, 0.717) is 23.7 Å². The highest BCUT2D eigenvalue weighted by molar-refractivity contribution is 6.18. The Morgan fingerprint density at radius 3 is 2.43 bits per heavy atom. The molecule has 3 saturated carbocycles. The molecule has 3 aliphatic rings. The lowest BCUT2D eigenvalue weighted by atomic mass is 9.67. The number of hydrogen-bond acceptors (Lipinski definition) is 1. The van der Waals surface area contributed by atoms with Crippen LogP contribution in [0.3, 0.4) is 0 Å². The van der Waals surface area contributed by atoms with E-state index in [0.717, 1.165) is 31.1 Å². The summed E-state index contributed by atoms with van der Waals surface area (Å²) in [6.07, 6.45) is 13.9. The van der Waals surface area contributed by atoms with Crippen LogP contribution in [0.5, 0.6) is 0 Å². The molecule has 0 spiro atoms. The summed E-state index contributed by atoms with van der Waals surface area (Å²) in [4.78, 5) is 12.6. The smallest absolute Gasteiger partial charge is 0.223 e. The van der Waals surface area contributed by atoms with Gasteiger partial charge in [0.15, 0.2) is 0 Å². The molecule has 3 fully saturated rings. The first-order valence-electron chi connectivity index (χ1n) is 9.14. The van der Waals surface area contributed by atoms with Crippen molar-refractivity contribution in [2.45, 2.75) is 76.7 Å². The average Bonchev–Trinajstić information content (AvgIpc) is 2.55. The fourth-order valence-corrected chi connectivity index (χ4v) is 5.36. The van der Waals surface area contributed by atoms with E-state index < -0.39 is 0 Å². The van der Waals surface area contributed by atoms with Gasteiger partial charge in [-0.15, -0.1) is 11.6 Å². The Balaban J connectivity index is 1.53. The zero-order valence-electron chi connectivity index (χ0n) is 13.2. The predicted octanol–water partition coefficient (Wildman–Crippen LogP) is 4.51. The van der Waals surface area contributed by atoms with E-state index in [9.17, 15) is 4.79 Å². The lowest BCUT2D eigenvalue weighted by Crippen LogP contribution is -2.46. The molecule has 0 aromatic heterocycles. The highest BCUT2D eigenvalue weighted by Gasteiger charge is 2.36. The van der Waals surface area contributed by atoms with Gasteiger partial charge in [0.25, 0.3) is 0 Å². The average molecular weight is 312 g/mol. The summed E-state index contributed by atoms with van der Waals surface area (Å²) in [5, 5.41) is 3.36. The third kappa shape index (κ3) is 3.75. The lowest BCUT2D eigenvalue weighted by molar-refractivity contribution is -0.128. The Morgan fingerprint density at radius 2 is 1.62 bits per heavy atom. The standard InChI is InChI=1S/C18H30ClNO/c19-12-16-7-3-4-8-17(16)20-18(21)15-10-9-13-5-1-2-6-14(13)11-15/h13-17H,1-12H2,(H,20,21). The number of carbonyl (C=O) groups is 1. The molecule has 2 nitrogen and oxygen atoms in total. The van der Waals surface area contributed by atoms with Gasteiger partial charge in [-0.3, -0.25) is 4.79 Å². The second kappa shape index (κ2) is 7.35. The van der Waals surface area contributed by atoms with Crippen molar-refractivity contribution in [1.82, 2.24) is 5.32 Å². The van der Waals surface area contributed by atoms with Gasteiger partial charge in [-0.05, 0) is 49.9 Å². The molecule has 3 rings (SSSR count). The molecule has 0 aromatic rings. The van der Waals surface area contributed by atoms with Gasteiger partial charge in [0.1, 0.15) is 0 Å². The molecule has 0 saturated heterocycles. The summed E-state index contributed by atoms with van der Waals surface area (Å²) in [6, 6.07) is 0.341. The third-order valence-electron chi connectivity index (χ3n) is 6.35. The summed E-state index contributed by atoms with van der Waals surface area (Å²) in [6.45, 7) is 0. The Kier molecular flexibility index (Phi) is 5.48. The molecule has 3 heteroatoms. The Hall–Kier alpha value is -0.240.